The predicted octanol–water partition coefficient (Wildman–Crippen LogP) is 4.88. The van der Waals surface area contributed by atoms with E-state index in [0.717, 1.165) is 0 Å². The highest BCUT2D eigenvalue weighted by molar-refractivity contribution is 5.91. The lowest BCUT2D eigenvalue weighted by Gasteiger charge is -2.35. The van der Waals surface area contributed by atoms with Gasteiger partial charge in [-0.3, -0.25) is 4.79 Å². The number of benzene rings is 2. The number of esters is 1. The van der Waals surface area contributed by atoms with E-state index < -0.39 is 52.8 Å². The van der Waals surface area contributed by atoms with Gasteiger partial charge in [-0.2, -0.15) is 0 Å². The molecule has 2 amide bonds. The zero-order chi connectivity index (χ0) is 34.6. The zero-order valence-corrected chi connectivity index (χ0v) is 28.5. The molecule has 3 aliphatic rings. The number of methoxy groups -OCH3 is 1. The van der Waals surface area contributed by atoms with Crippen molar-refractivity contribution in [3.63, 3.8) is 0 Å². The van der Waals surface area contributed by atoms with Crippen molar-refractivity contribution in [3.05, 3.63) is 36.4 Å². The minimum Gasteiger partial charge on any atom is -0.493 e. The van der Waals surface area contributed by atoms with E-state index in [2.05, 4.69) is 5.32 Å². The first kappa shape index (κ1) is 33.1. The van der Waals surface area contributed by atoms with E-state index in [-0.39, 0.29) is 32.1 Å². The number of ether oxygens (including phenoxy) is 6. The first-order chi connectivity index (χ1) is 22.5. The van der Waals surface area contributed by atoms with E-state index in [0.29, 0.717) is 39.5 Å². The van der Waals surface area contributed by atoms with Gasteiger partial charge in [-0.25, -0.2) is 19.6 Å². The van der Waals surface area contributed by atoms with Gasteiger partial charge in [-0.1, -0.05) is 46.8 Å². The Hall–Kier alpha value is -4.81. The number of carbonyl (C=O) groups is 3. The van der Waals surface area contributed by atoms with E-state index in [4.69, 9.17) is 38.4 Å². The molecule has 13 nitrogen and oxygen atoms in total. The topological polar surface area (TPSA) is 148 Å². The van der Waals surface area contributed by atoms with Gasteiger partial charge in [0.25, 0.3) is 0 Å². The first-order valence-corrected chi connectivity index (χ1v) is 16.0. The van der Waals surface area contributed by atoms with Crippen molar-refractivity contribution in [2.75, 3.05) is 26.9 Å². The van der Waals surface area contributed by atoms with Gasteiger partial charge in [-0.15, -0.1) is 0 Å². The van der Waals surface area contributed by atoms with Gasteiger partial charge in [0.1, 0.15) is 36.2 Å². The lowest BCUT2D eigenvalue weighted by atomic mass is 9.85. The normalized spacial score (nSPS) is 23.5. The number of carbonyl (C=O) groups excluding carboxylic acids is 3. The van der Waals surface area contributed by atoms with Crippen molar-refractivity contribution in [2.24, 2.45) is 10.8 Å². The molecule has 4 heterocycles. The average molecular weight is 663 g/mol. The predicted molar refractivity (Wildman–Crippen MR) is 174 cm³/mol. The number of nitrogens with one attached hydrogen (secondary N) is 1. The lowest BCUT2D eigenvalue weighted by Crippen LogP contribution is -2.57. The number of cyclic esters (lactones) is 1. The Balaban J connectivity index is 1.46. The van der Waals surface area contributed by atoms with E-state index >= 15 is 0 Å². The monoisotopic (exact) mass is 662 g/mol. The first-order valence-electron chi connectivity index (χ1n) is 16.0. The standard InChI is InChI=1S/C35H42N4O9/c1-33(2,3)28-30(40)39-16-21(13-24(39)31(41)43-8)46-29-27(36-22-14-25-26(15-23(22)37-29)48-35(6,7)47-25)19-10-9-11-20(12-19)44-17-34(4,5)18-45-32(42)38-28/h9-12,14-15,21,24,28H,13,16-18H2,1-8H3,(H,38,42)/t21-,24+,28-/m1/s1. The third-order valence-electron chi connectivity index (χ3n) is 8.41. The smallest absolute Gasteiger partial charge is 0.407 e. The Labute approximate surface area is 279 Å². The summed E-state index contributed by atoms with van der Waals surface area (Å²) in [5, 5.41) is 2.75. The molecule has 1 saturated heterocycles. The molecule has 0 unspecified atom stereocenters. The summed E-state index contributed by atoms with van der Waals surface area (Å²) in [7, 11) is 1.27. The number of aromatic nitrogens is 2. The summed E-state index contributed by atoms with van der Waals surface area (Å²) in [5.41, 5.74) is 0.877. The summed E-state index contributed by atoms with van der Waals surface area (Å²) in [4.78, 5) is 51.5. The summed E-state index contributed by atoms with van der Waals surface area (Å²) in [6.07, 6.45) is -1.28. The summed E-state index contributed by atoms with van der Waals surface area (Å²) in [5.74, 6) is -0.0435. The quantitative estimate of drug-likeness (QED) is 0.356. The molecule has 13 heteroatoms. The van der Waals surface area contributed by atoms with Gasteiger partial charge in [0.05, 0.1) is 31.3 Å². The van der Waals surface area contributed by atoms with E-state index in [1.165, 1.54) is 12.0 Å². The summed E-state index contributed by atoms with van der Waals surface area (Å²) >= 11 is 0. The summed E-state index contributed by atoms with van der Waals surface area (Å²) < 4.78 is 35.3. The summed E-state index contributed by atoms with van der Waals surface area (Å²) in [6.45, 7) is 13.2. The maximum absolute atomic E-state index is 14.2. The van der Waals surface area contributed by atoms with Crippen LogP contribution in [0.1, 0.15) is 54.9 Å². The maximum Gasteiger partial charge on any atom is 0.407 e. The van der Waals surface area contributed by atoms with Crippen molar-refractivity contribution >= 4 is 29.0 Å². The number of rotatable bonds is 1. The molecule has 48 heavy (non-hydrogen) atoms. The van der Waals surface area contributed by atoms with Crippen molar-refractivity contribution < 1.29 is 42.8 Å². The highest BCUT2D eigenvalue weighted by atomic mass is 16.7. The lowest BCUT2D eigenvalue weighted by molar-refractivity contribution is -0.152. The van der Waals surface area contributed by atoms with Crippen molar-refractivity contribution in [1.82, 2.24) is 20.2 Å². The van der Waals surface area contributed by atoms with Crippen LogP contribution in [0.3, 0.4) is 0 Å². The van der Waals surface area contributed by atoms with E-state index in [1.807, 2.05) is 72.7 Å². The second-order valence-electron chi connectivity index (χ2n) is 14.8. The zero-order valence-electron chi connectivity index (χ0n) is 28.5. The van der Waals surface area contributed by atoms with Gasteiger partial charge in [0, 0.05) is 43.4 Å². The molecule has 0 saturated carbocycles. The molecule has 1 N–H and O–H groups in total. The number of alkyl carbamates (subject to hydrolysis) is 1. The van der Waals surface area contributed by atoms with Gasteiger partial charge < -0.3 is 38.6 Å². The third kappa shape index (κ3) is 6.76. The molecule has 1 aromatic heterocycles. The molecule has 6 rings (SSSR count). The van der Waals surface area contributed by atoms with Crippen LogP contribution in [0.5, 0.6) is 23.1 Å². The minimum absolute atomic E-state index is 0.0290. The fraction of sp³-hybridized carbons (Fsp3) is 0.514. The minimum atomic E-state index is -1.02. The van der Waals surface area contributed by atoms with Crippen LogP contribution in [0.2, 0.25) is 0 Å². The van der Waals surface area contributed by atoms with Gasteiger partial charge in [0.2, 0.25) is 17.6 Å². The van der Waals surface area contributed by atoms with Crippen LogP contribution < -0.4 is 24.3 Å². The number of fused-ring (bicyclic) bond motifs is 8. The molecule has 0 radical (unpaired) electrons. The van der Waals surface area contributed by atoms with Crippen molar-refractivity contribution in [3.8, 4) is 34.4 Å². The number of hydrogen-bond donors (Lipinski definition) is 1. The van der Waals surface area contributed by atoms with Gasteiger partial charge >= 0.3 is 12.1 Å². The van der Waals surface area contributed by atoms with Crippen molar-refractivity contribution in [2.45, 2.75) is 78.9 Å². The van der Waals surface area contributed by atoms with Crippen LogP contribution in [-0.2, 0) is 19.1 Å². The second kappa shape index (κ2) is 12.0. The molecular formula is C35H42N4O9. The van der Waals surface area contributed by atoms with Gasteiger partial charge in [-0.05, 0) is 17.5 Å². The van der Waals surface area contributed by atoms with Crippen molar-refractivity contribution in [1.29, 1.82) is 0 Å². The fourth-order valence-electron chi connectivity index (χ4n) is 5.96. The molecule has 256 valence electrons. The molecule has 3 aliphatic heterocycles. The van der Waals surface area contributed by atoms with Crippen LogP contribution in [0.25, 0.3) is 22.3 Å². The van der Waals surface area contributed by atoms with E-state index in [1.54, 1.807) is 12.1 Å². The van der Waals surface area contributed by atoms with Gasteiger partial charge in [0.15, 0.2) is 11.5 Å². The number of amides is 2. The van der Waals surface area contributed by atoms with Crippen LogP contribution in [0, 0.1) is 10.8 Å². The van der Waals surface area contributed by atoms with E-state index in [9.17, 15) is 14.4 Å². The number of hydrogen-bond acceptors (Lipinski definition) is 11. The molecule has 0 spiro atoms. The molecular weight excluding hydrogens is 620 g/mol. The molecule has 2 aromatic carbocycles. The molecule has 1 fully saturated rings. The second-order valence-corrected chi connectivity index (χ2v) is 14.8. The van der Waals surface area contributed by atoms with Crippen LogP contribution in [0.4, 0.5) is 4.79 Å². The SMILES string of the molecule is COC(=O)[C@@H]1C[C@@H]2CN1C(=O)[C@H](C(C)(C)C)NC(=O)OCC(C)(C)COc1cccc(c1)-c1nc3cc4c(cc3nc1O2)OC(C)(C)O4. The Morgan fingerprint density at radius 1 is 0.979 bits per heavy atom. The summed E-state index contributed by atoms with van der Waals surface area (Å²) in [6, 6.07) is 8.94. The van der Waals surface area contributed by atoms with Crippen LogP contribution in [0.15, 0.2) is 36.4 Å². The van der Waals surface area contributed by atoms with Crippen LogP contribution in [-0.4, -0.2) is 83.7 Å². The molecule has 3 aromatic rings. The van der Waals surface area contributed by atoms with Crippen LogP contribution >= 0.6 is 0 Å². The third-order valence-corrected chi connectivity index (χ3v) is 8.41. The average Bonchev–Trinajstić information content (AvgIpc) is 3.57. The Morgan fingerprint density at radius 3 is 2.31 bits per heavy atom. The number of nitrogens with zero attached hydrogens (tertiary/aromatic N) is 3. The Bertz CT molecular complexity index is 1770. The highest BCUT2D eigenvalue weighted by Crippen LogP contribution is 2.43. The highest BCUT2D eigenvalue weighted by Gasteiger charge is 2.47. The maximum atomic E-state index is 14.2. The molecule has 0 aliphatic carbocycles. The molecule has 3 atom stereocenters. The molecule has 4 bridgehead atoms. The Morgan fingerprint density at radius 2 is 1.65 bits per heavy atom. The fourth-order valence-corrected chi connectivity index (χ4v) is 5.96. The Kier molecular flexibility index (Phi) is 8.29. The largest absolute Gasteiger partial charge is 0.493 e.